The molecule has 5 heteroatoms. The second-order valence-electron chi connectivity index (χ2n) is 6.10. The molecular weight excluding hydrogens is 316 g/mol. The number of hydrogen-bond donors (Lipinski definition) is 2. The maximum atomic E-state index is 12.3. The zero-order valence-electron chi connectivity index (χ0n) is 14.0. The van der Waals surface area contributed by atoms with E-state index < -0.39 is 11.5 Å². The van der Waals surface area contributed by atoms with Crippen molar-refractivity contribution in [3.8, 4) is 11.3 Å². The minimum atomic E-state index is -1.50. The molecule has 1 atom stereocenters. The summed E-state index contributed by atoms with van der Waals surface area (Å²) in [6, 6.07) is 19.0. The van der Waals surface area contributed by atoms with Crippen LogP contribution in [0.1, 0.15) is 18.4 Å². The van der Waals surface area contributed by atoms with Crippen molar-refractivity contribution in [2.75, 3.05) is 0 Å². The molecule has 25 heavy (non-hydrogen) atoms. The van der Waals surface area contributed by atoms with E-state index >= 15 is 0 Å². The van der Waals surface area contributed by atoms with Gasteiger partial charge in [-0.2, -0.15) is 0 Å². The van der Waals surface area contributed by atoms with E-state index in [-0.39, 0.29) is 13.0 Å². The van der Waals surface area contributed by atoms with Crippen molar-refractivity contribution in [2.45, 2.75) is 25.5 Å². The number of carbonyl (C=O) groups excluding carboxylic acids is 1. The van der Waals surface area contributed by atoms with Gasteiger partial charge in [0.1, 0.15) is 5.60 Å². The number of carbonyl (C=O) groups is 1. The molecule has 2 N–H and O–H groups in total. The number of aromatic nitrogens is 1. The van der Waals surface area contributed by atoms with Crippen LogP contribution in [0.15, 0.2) is 71.3 Å². The quantitative estimate of drug-likeness (QED) is 0.726. The first-order valence-electron chi connectivity index (χ1n) is 8.09. The van der Waals surface area contributed by atoms with Crippen LogP contribution in [0.25, 0.3) is 11.3 Å². The summed E-state index contributed by atoms with van der Waals surface area (Å²) in [6.07, 6.45) is 1.86. The van der Waals surface area contributed by atoms with Gasteiger partial charge in [0.25, 0.3) is 5.91 Å². The van der Waals surface area contributed by atoms with E-state index in [2.05, 4.69) is 10.3 Å². The summed E-state index contributed by atoms with van der Waals surface area (Å²) in [5.74, 6) is 0.569. The molecule has 0 aliphatic rings. The monoisotopic (exact) mass is 336 g/mol. The summed E-state index contributed by atoms with van der Waals surface area (Å²) >= 11 is 0. The van der Waals surface area contributed by atoms with E-state index in [0.29, 0.717) is 11.7 Å². The van der Waals surface area contributed by atoms with Crippen LogP contribution >= 0.6 is 0 Å². The Balaban J connectivity index is 1.59. The molecule has 128 valence electrons. The predicted molar refractivity (Wildman–Crippen MR) is 94.6 cm³/mol. The van der Waals surface area contributed by atoms with E-state index in [4.69, 9.17) is 4.42 Å². The Hall–Kier alpha value is -2.92. The Labute approximate surface area is 146 Å². The fourth-order valence-electron chi connectivity index (χ4n) is 2.55. The molecule has 3 rings (SSSR count). The number of nitrogens with zero attached hydrogens (tertiary/aromatic N) is 1. The van der Waals surface area contributed by atoms with Crippen molar-refractivity contribution in [2.24, 2.45) is 0 Å². The summed E-state index contributed by atoms with van der Waals surface area (Å²) in [5, 5.41) is 13.1. The van der Waals surface area contributed by atoms with Crippen molar-refractivity contribution in [3.05, 3.63) is 78.3 Å². The van der Waals surface area contributed by atoms with Crippen LogP contribution in [0, 0.1) is 0 Å². The first kappa shape index (κ1) is 16.9. The van der Waals surface area contributed by atoms with Crippen LogP contribution < -0.4 is 5.32 Å². The maximum Gasteiger partial charge on any atom is 0.252 e. The Morgan fingerprint density at radius 3 is 2.44 bits per heavy atom. The van der Waals surface area contributed by atoms with Crippen LogP contribution in [0.4, 0.5) is 0 Å². The lowest BCUT2D eigenvalue weighted by Gasteiger charge is -2.22. The third-order valence-corrected chi connectivity index (χ3v) is 3.89. The molecule has 0 saturated heterocycles. The van der Waals surface area contributed by atoms with Crippen molar-refractivity contribution < 1.29 is 14.3 Å². The largest absolute Gasteiger partial charge is 0.439 e. The molecule has 3 aromatic rings. The smallest absolute Gasteiger partial charge is 0.252 e. The zero-order chi connectivity index (χ0) is 17.7. The molecule has 0 bridgehead atoms. The highest BCUT2D eigenvalue weighted by Gasteiger charge is 2.30. The molecule has 0 spiro atoms. The van der Waals surface area contributed by atoms with Gasteiger partial charge < -0.3 is 14.8 Å². The average Bonchev–Trinajstić information content (AvgIpc) is 3.10. The summed E-state index contributed by atoms with van der Waals surface area (Å²) in [5.41, 5.74) is 0.310. The summed E-state index contributed by atoms with van der Waals surface area (Å²) in [4.78, 5) is 16.5. The van der Waals surface area contributed by atoms with Gasteiger partial charge in [-0.25, -0.2) is 4.98 Å². The summed E-state index contributed by atoms with van der Waals surface area (Å²) < 4.78 is 5.64. The fourth-order valence-corrected chi connectivity index (χ4v) is 2.55. The first-order chi connectivity index (χ1) is 12.0. The maximum absolute atomic E-state index is 12.3. The minimum Gasteiger partial charge on any atom is -0.439 e. The normalized spacial score (nSPS) is 13.2. The topological polar surface area (TPSA) is 75.4 Å². The highest BCUT2D eigenvalue weighted by Crippen LogP contribution is 2.20. The van der Waals surface area contributed by atoms with Crippen molar-refractivity contribution in [1.82, 2.24) is 10.3 Å². The third kappa shape index (κ3) is 4.33. The molecule has 1 amide bonds. The lowest BCUT2D eigenvalue weighted by Crippen LogP contribution is -2.45. The SMILES string of the molecule is C[C@](O)(Cc1ccccc1)C(=O)NCc1ncc(-c2ccccc2)o1. The van der Waals surface area contributed by atoms with Gasteiger partial charge >= 0.3 is 0 Å². The molecule has 0 radical (unpaired) electrons. The van der Waals surface area contributed by atoms with E-state index in [1.54, 1.807) is 6.20 Å². The van der Waals surface area contributed by atoms with E-state index in [1.165, 1.54) is 6.92 Å². The third-order valence-electron chi connectivity index (χ3n) is 3.89. The van der Waals surface area contributed by atoms with Gasteiger partial charge in [-0.05, 0) is 12.5 Å². The van der Waals surface area contributed by atoms with Crippen molar-refractivity contribution in [3.63, 3.8) is 0 Å². The second kappa shape index (κ2) is 7.32. The molecule has 0 aliphatic carbocycles. The number of benzene rings is 2. The zero-order valence-corrected chi connectivity index (χ0v) is 14.0. The highest BCUT2D eigenvalue weighted by molar-refractivity contribution is 5.84. The summed E-state index contributed by atoms with van der Waals surface area (Å²) in [6.45, 7) is 1.62. The highest BCUT2D eigenvalue weighted by atomic mass is 16.4. The molecule has 0 fully saturated rings. The van der Waals surface area contributed by atoms with Crippen LogP contribution in [0.2, 0.25) is 0 Å². The van der Waals surface area contributed by atoms with Crippen molar-refractivity contribution >= 4 is 5.91 Å². The Bertz CT molecular complexity index is 826. The fraction of sp³-hybridized carbons (Fsp3) is 0.200. The number of oxazole rings is 1. The van der Waals surface area contributed by atoms with Gasteiger partial charge in [0.15, 0.2) is 5.76 Å². The standard InChI is InChI=1S/C20H20N2O3/c1-20(24,12-15-8-4-2-5-9-15)19(23)22-14-18-21-13-17(25-18)16-10-6-3-7-11-16/h2-11,13,24H,12,14H2,1H3,(H,22,23)/t20-/m0/s1. The first-order valence-corrected chi connectivity index (χ1v) is 8.09. The van der Waals surface area contributed by atoms with E-state index in [9.17, 15) is 9.90 Å². The summed E-state index contributed by atoms with van der Waals surface area (Å²) in [7, 11) is 0. The van der Waals surface area contributed by atoms with Gasteiger partial charge in [0.2, 0.25) is 5.89 Å². The van der Waals surface area contributed by atoms with E-state index in [0.717, 1.165) is 11.1 Å². The Morgan fingerprint density at radius 1 is 1.12 bits per heavy atom. The molecule has 0 aliphatic heterocycles. The number of aliphatic hydroxyl groups is 1. The molecular formula is C20H20N2O3. The van der Waals surface area contributed by atoms with Crippen LogP contribution in [0.5, 0.6) is 0 Å². The minimum absolute atomic E-state index is 0.122. The second-order valence-corrected chi connectivity index (χ2v) is 6.10. The van der Waals surface area contributed by atoms with Crippen molar-refractivity contribution in [1.29, 1.82) is 0 Å². The van der Waals surface area contributed by atoms with Crippen LogP contribution in [-0.2, 0) is 17.8 Å². The number of nitrogens with one attached hydrogen (secondary N) is 1. The molecule has 5 nitrogen and oxygen atoms in total. The Kier molecular flexibility index (Phi) is 4.95. The molecule has 0 saturated carbocycles. The van der Waals surface area contributed by atoms with Crippen LogP contribution in [-0.4, -0.2) is 21.6 Å². The van der Waals surface area contributed by atoms with Gasteiger partial charge in [0, 0.05) is 12.0 Å². The van der Waals surface area contributed by atoms with Gasteiger partial charge in [-0.1, -0.05) is 60.7 Å². The number of rotatable bonds is 6. The lowest BCUT2D eigenvalue weighted by atomic mass is 9.96. The number of hydrogen-bond acceptors (Lipinski definition) is 4. The van der Waals surface area contributed by atoms with E-state index in [1.807, 2.05) is 60.7 Å². The molecule has 1 heterocycles. The number of amides is 1. The van der Waals surface area contributed by atoms with Gasteiger partial charge in [-0.3, -0.25) is 4.79 Å². The predicted octanol–water partition coefficient (Wildman–Crippen LogP) is 2.95. The molecule has 0 unspecified atom stereocenters. The van der Waals surface area contributed by atoms with Crippen LogP contribution in [0.3, 0.4) is 0 Å². The van der Waals surface area contributed by atoms with Gasteiger partial charge in [0.05, 0.1) is 12.7 Å². The lowest BCUT2D eigenvalue weighted by molar-refractivity contribution is -0.138. The molecule has 2 aromatic carbocycles. The Morgan fingerprint density at radius 2 is 1.76 bits per heavy atom. The average molecular weight is 336 g/mol. The van der Waals surface area contributed by atoms with Gasteiger partial charge in [-0.15, -0.1) is 0 Å². The molecule has 1 aromatic heterocycles.